The topological polar surface area (TPSA) is 35.3 Å². The Bertz CT molecular complexity index is 481. The molecule has 5 heteroatoms. The van der Waals surface area contributed by atoms with E-state index in [9.17, 15) is 0 Å². The number of methoxy groups -OCH3 is 1. The molecule has 1 heterocycles. The molecule has 0 spiro atoms. The van der Waals surface area contributed by atoms with Gasteiger partial charge in [0.25, 0.3) is 0 Å². The summed E-state index contributed by atoms with van der Waals surface area (Å²) in [5.74, 6) is 1.16. The first kappa shape index (κ1) is 11.5. The van der Waals surface area contributed by atoms with Crippen molar-refractivity contribution in [2.75, 3.05) is 7.11 Å². The molecule has 0 saturated carbocycles. The van der Waals surface area contributed by atoms with Crippen molar-refractivity contribution in [3.63, 3.8) is 0 Å². The standard InChI is InChI=1S/C11H9BrClNO2/c1-15-8-4-2-7(3-5-8)10-9(6-13)11(12)16-14-10/h2-5H,6H2,1H3. The maximum atomic E-state index is 5.83. The molecule has 0 unspecified atom stereocenters. The van der Waals surface area contributed by atoms with Gasteiger partial charge in [-0.1, -0.05) is 5.16 Å². The van der Waals surface area contributed by atoms with Gasteiger partial charge in [-0.15, -0.1) is 11.6 Å². The SMILES string of the molecule is COc1ccc(-c2noc(Br)c2CCl)cc1. The third-order valence-corrected chi connectivity index (χ3v) is 3.13. The van der Waals surface area contributed by atoms with Gasteiger partial charge in [0.15, 0.2) is 0 Å². The van der Waals surface area contributed by atoms with Gasteiger partial charge in [-0.3, -0.25) is 0 Å². The highest BCUT2D eigenvalue weighted by Crippen LogP contribution is 2.30. The summed E-state index contributed by atoms with van der Waals surface area (Å²) in [5.41, 5.74) is 2.56. The number of rotatable bonds is 3. The Balaban J connectivity index is 2.42. The van der Waals surface area contributed by atoms with Gasteiger partial charge in [-0.25, -0.2) is 0 Å². The van der Waals surface area contributed by atoms with Crippen LogP contribution in [0.25, 0.3) is 11.3 Å². The highest BCUT2D eigenvalue weighted by Gasteiger charge is 2.14. The molecule has 0 aliphatic heterocycles. The predicted molar refractivity (Wildman–Crippen MR) is 65.7 cm³/mol. The average Bonchev–Trinajstić information content (AvgIpc) is 2.70. The van der Waals surface area contributed by atoms with Crippen molar-refractivity contribution in [2.24, 2.45) is 0 Å². The summed E-state index contributed by atoms with van der Waals surface area (Å²) >= 11 is 9.10. The molecule has 2 aromatic rings. The minimum Gasteiger partial charge on any atom is -0.497 e. The lowest BCUT2D eigenvalue weighted by Crippen LogP contribution is -1.85. The van der Waals surface area contributed by atoms with Gasteiger partial charge in [0.1, 0.15) is 11.4 Å². The van der Waals surface area contributed by atoms with Gasteiger partial charge in [-0.05, 0) is 40.2 Å². The van der Waals surface area contributed by atoms with Gasteiger partial charge >= 0.3 is 0 Å². The Hall–Kier alpha value is -1.000. The average molecular weight is 303 g/mol. The van der Waals surface area contributed by atoms with Crippen LogP contribution >= 0.6 is 27.5 Å². The van der Waals surface area contributed by atoms with E-state index in [2.05, 4.69) is 21.1 Å². The molecule has 84 valence electrons. The second kappa shape index (κ2) is 4.89. The normalized spacial score (nSPS) is 10.4. The maximum absolute atomic E-state index is 5.83. The van der Waals surface area contributed by atoms with E-state index in [0.717, 1.165) is 22.6 Å². The summed E-state index contributed by atoms with van der Waals surface area (Å²) in [4.78, 5) is 0. The molecule has 0 aliphatic rings. The Labute approximate surface area is 106 Å². The van der Waals surface area contributed by atoms with Crippen molar-refractivity contribution < 1.29 is 9.26 Å². The summed E-state index contributed by atoms with van der Waals surface area (Å²) in [6.07, 6.45) is 0. The summed E-state index contributed by atoms with van der Waals surface area (Å²) in [7, 11) is 1.63. The van der Waals surface area contributed by atoms with E-state index < -0.39 is 0 Å². The first-order valence-electron chi connectivity index (χ1n) is 4.60. The van der Waals surface area contributed by atoms with E-state index in [4.69, 9.17) is 20.9 Å². The molecule has 16 heavy (non-hydrogen) atoms. The summed E-state index contributed by atoms with van der Waals surface area (Å²) in [6, 6.07) is 7.57. The number of aromatic nitrogens is 1. The van der Waals surface area contributed by atoms with E-state index >= 15 is 0 Å². The number of ether oxygens (including phenoxy) is 1. The Kier molecular flexibility index (Phi) is 3.51. The van der Waals surface area contributed by atoms with Crippen molar-refractivity contribution in [1.29, 1.82) is 0 Å². The van der Waals surface area contributed by atoms with Crippen LogP contribution in [0.1, 0.15) is 5.56 Å². The zero-order valence-electron chi connectivity index (χ0n) is 8.54. The summed E-state index contributed by atoms with van der Waals surface area (Å²) in [6.45, 7) is 0. The van der Waals surface area contributed by atoms with Gasteiger partial charge in [-0.2, -0.15) is 0 Å². The zero-order chi connectivity index (χ0) is 11.5. The van der Waals surface area contributed by atoms with E-state index in [1.807, 2.05) is 24.3 Å². The van der Waals surface area contributed by atoms with Crippen LogP contribution < -0.4 is 4.74 Å². The van der Waals surface area contributed by atoms with Crippen molar-refractivity contribution in [2.45, 2.75) is 5.88 Å². The molecule has 0 aliphatic carbocycles. The van der Waals surface area contributed by atoms with E-state index in [-0.39, 0.29) is 0 Å². The molecular weight excluding hydrogens is 293 g/mol. The number of hydrogen-bond acceptors (Lipinski definition) is 3. The minimum absolute atomic E-state index is 0.353. The predicted octanol–water partition coefficient (Wildman–Crippen LogP) is 3.85. The molecule has 3 nitrogen and oxygen atoms in total. The van der Waals surface area contributed by atoms with Crippen LogP contribution in [0.2, 0.25) is 0 Å². The zero-order valence-corrected chi connectivity index (χ0v) is 10.9. The molecule has 0 radical (unpaired) electrons. The van der Waals surface area contributed by atoms with Gasteiger partial charge < -0.3 is 9.26 Å². The number of benzene rings is 1. The first-order chi connectivity index (χ1) is 7.76. The van der Waals surface area contributed by atoms with Crippen LogP contribution in [0.4, 0.5) is 0 Å². The number of alkyl halides is 1. The Morgan fingerprint density at radius 2 is 2.06 bits per heavy atom. The van der Waals surface area contributed by atoms with E-state index in [1.54, 1.807) is 7.11 Å². The molecule has 1 aromatic carbocycles. The molecule has 1 aromatic heterocycles. The minimum atomic E-state index is 0.353. The third kappa shape index (κ3) is 2.08. The quantitative estimate of drug-likeness (QED) is 0.808. The number of halogens is 2. The Morgan fingerprint density at radius 3 is 2.62 bits per heavy atom. The molecule has 0 saturated heterocycles. The Morgan fingerprint density at radius 1 is 1.38 bits per heavy atom. The first-order valence-corrected chi connectivity index (χ1v) is 5.93. The van der Waals surface area contributed by atoms with Crippen molar-refractivity contribution in [3.05, 3.63) is 34.5 Å². The van der Waals surface area contributed by atoms with Crippen LogP contribution in [0.15, 0.2) is 33.5 Å². The van der Waals surface area contributed by atoms with Crippen molar-refractivity contribution in [1.82, 2.24) is 5.16 Å². The molecule has 0 N–H and O–H groups in total. The molecular formula is C11H9BrClNO2. The van der Waals surface area contributed by atoms with Crippen LogP contribution in [0, 0.1) is 0 Å². The summed E-state index contributed by atoms with van der Waals surface area (Å²) < 4.78 is 10.7. The largest absolute Gasteiger partial charge is 0.497 e. The highest BCUT2D eigenvalue weighted by molar-refractivity contribution is 9.10. The molecule has 0 amide bonds. The smallest absolute Gasteiger partial charge is 0.206 e. The highest BCUT2D eigenvalue weighted by atomic mass is 79.9. The van der Waals surface area contributed by atoms with Gasteiger partial charge in [0.2, 0.25) is 4.67 Å². The van der Waals surface area contributed by atoms with Gasteiger partial charge in [0, 0.05) is 11.1 Å². The second-order valence-electron chi connectivity index (χ2n) is 3.15. The van der Waals surface area contributed by atoms with Gasteiger partial charge in [0.05, 0.1) is 13.0 Å². The van der Waals surface area contributed by atoms with Crippen molar-refractivity contribution >= 4 is 27.5 Å². The van der Waals surface area contributed by atoms with Crippen LogP contribution in [0.3, 0.4) is 0 Å². The van der Waals surface area contributed by atoms with E-state index in [0.29, 0.717) is 10.5 Å². The fraction of sp³-hybridized carbons (Fsp3) is 0.182. The van der Waals surface area contributed by atoms with E-state index in [1.165, 1.54) is 0 Å². The van der Waals surface area contributed by atoms with Crippen molar-refractivity contribution in [3.8, 4) is 17.0 Å². The van der Waals surface area contributed by atoms with Crippen LogP contribution in [-0.2, 0) is 5.88 Å². The molecule has 0 fully saturated rings. The number of nitrogens with zero attached hydrogens (tertiary/aromatic N) is 1. The summed E-state index contributed by atoms with van der Waals surface area (Å²) in [5, 5.41) is 3.97. The molecule has 0 bridgehead atoms. The molecule has 0 atom stereocenters. The number of hydrogen-bond donors (Lipinski definition) is 0. The monoisotopic (exact) mass is 301 g/mol. The maximum Gasteiger partial charge on any atom is 0.206 e. The second-order valence-corrected chi connectivity index (χ2v) is 4.13. The van der Waals surface area contributed by atoms with Crippen LogP contribution in [-0.4, -0.2) is 12.3 Å². The lowest BCUT2D eigenvalue weighted by atomic mass is 10.1. The lowest BCUT2D eigenvalue weighted by Gasteiger charge is -2.01. The lowest BCUT2D eigenvalue weighted by molar-refractivity contribution is 0.401. The fourth-order valence-corrected chi connectivity index (χ4v) is 2.19. The molecule has 2 rings (SSSR count). The fourth-order valence-electron chi connectivity index (χ4n) is 1.38. The van der Waals surface area contributed by atoms with Crippen LogP contribution in [0.5, 0.6) is 5.75 Å². The third-order valence-electron chi connectivity index (χ3n) is 2.24.